The first-order chi connectivity index (χ1) is 9.58. The van der Waals surface area contributed by atoms with E-state index < -0.39 is 12.1 Å². The van der Waals surface area contributed by atoms with Crippen molar-refractivity contribution in [2.24, 2.45) is 0 Å². The number of aliphatic hydroxyl groups excluding tert-OH is 1. The molecule has 0 aliphatic carbocycles. The highest BCUT2D eigenvalue weighted by molar-refractivity contribution is 5.66. The van der Waals surface area contributed by atoms with Crippen molar-refractivity contribution in [3.63, 3.8) is 0 Å². The molecule has 0 amide bonds. The summed E-state index contributed by atoms with van der Waals surface area (Å²) in [5.74, 6) is -0.828. The van der Waals surface area contributed by atoms with Crippen LogP contribution in [-0.4, -0.2) is 28.8 Å². The Morgan fingerprint density at radius 1 is 1.25 bits per heavy atom. The summed E-state index contributed by atoms with van der Waals surface area (Å²) in [5.41, 5.74) is 2.15. The first-order valence-electron chi connectivity index (χ1n) is 7.30. The SMILES string of the molecule is CCCc1ccc(C(O)C(CC)NCCC(=O)O)cc1. The maximum atomic E-state index is 10.5. The Labute approximate surface area is 120 Å². The van der Waals surface area contributed by atoms with Crippen molar-refractivity contribution in [3.05, 3.63) is 35.4 Å². The number of carboxylic acid groups (broad SMARTS) is 1. The average molecular weight is 279 g/mol. The molecule has 4 heteroatoms. The molecular formula is C16H25NO3. The van der Waals surface area contributed by atoms with Crippen molar-refractivity contribution < 1.29 is 15.0 Å². The second kappa shape index (κ2) is 8.72. The minimum absolute atomic E-state index is 0.0681. The van der Waals surface area contributed by atoms with E-state index in [1.54, 1.807) is 0 Å². The molecule has 0 bridgehead atoms. The van der Waals surface area contributed by atoms with Crippen LogP contribution in [-0.2, 0) is 11.2 Å². The van der Waals surface area contributed by atoms with Gasteiger partial charge in [-0.3, -0.25) is 4.79 Å². The van der Waals surface area contributed by atoms with E-state index in [2.05, 4.69) is 12.2 Å². The second-order valence-electron chi connectivity index (χ2n) is 5.05. The molecule has 112 valence electrons. The van der Waals surface area contributed by atoms with Gasteiger partial charge in [0.05, 0.1) is 12.5 Å². The molecular weight excluding hydrogens is 254 g/mol. The van der Waals surface area contributed by atoms with Crippen molar-refractivity contribution in [1.82, 2.24) is 5.32 Å². The lowest BCUT2D eigenvalue weighted by Gasteiger charge is -2.23. The fraction of sp³-hybridized carbons (Fsp3) is 0.562. The van der Waals surface area contributed by atoms with E-state index in [9.17, 15) is 9.90 Å². The van der Waals surface area contributed by atoms with Gasteiger partial charge in [-0.1, -0.05) is 44.5 Å². The molecule has 0 heterocycles. The van der Waals surface area contributed by atoms with E-state index >= 15 is 0 Å². The molecule has 20 heavy (non-hydrogen) atoms. The Morgan fingerprint density at radius 3 is 2.40 bits per heavy atom. The molecule has 0 aromatic heterocycles. The van der Waals surface area contributed by atoms with Crippen molar-refractivity contribution >= 4 is 5.97 Å². The molecule has 0 fully saturated rings. The average Bonchev–Trinajstić information content (AvgIpc) is 2.44. The number of aliphatic carboxylic acids is 1. The smallest absolute Gasteiger partial charge is 0.304 e. The monoisotopic (exact) mass is 279 g/mol. The number of aryl methyl sites for hydroxylation is 1. The summed E-state index contributed by atoms with van der Waals surface area (Å²) < 4.78 is 0. The number of carbonyl (C=O) groups is 1. The van der Waals surface area contributed by atoms with Gasteiger partial charge < -0.3 is 15.5 Å². The minimum Gasteiger partial charge on any atom is -0.481 e. The van der Waals surface area contributed by atoms with Crippen molar-refractivity contribution in [3.8, 4) is 0 Å². The zero-order valence-electron chi connectivity index (χ0n) is 12.3. The summed E-state index contributed by atoms with van der Waals surface area (Å²) in [6, 6.07) is 7.89. The van der Waals surface area contributed by atoms with Crippen LogP contribution in [0.25, 0.3) is 0 Å². The van der Waals surface area contributed by atoms with E-state index in [4.69, 9.17) is 5.11 Å². The molecule has 0 radical (unpaired) electrons. The van der Waals surface area contributed by atoms with Gasteiger partial charge >= 0.3 is 5.97 Å². The summed E-state index contributed by atoms with van der Waals surface area (Å²) in [6.07, 6.45) is 2.36. The fourth-order valence-corrected chi connectivity index (χ4v) is 2.25. The Morgan fingerprint density at radius 2 is 1.90 bits per heavy atom. The summed E-state index contributed by atoms with van der Waals surface area (Å²) in [4.78, 5) is 10.5. The fourth-order valence-electron chi connectivity index (χ4n) is 2.25. The largest absolute Gasteiger partial charge is 0.481 e. The molecule has 2 atom stereocenters. The third-order valence-corrected chi connectivity index (χ3v) is 3.43. The lowest BCUT2D eigenvalue weighted by Crippen LogP contribution is -2.35. The van der Waals surface area contributed by atoms with Gasteiger partial charge in [0.15, 0.2) is 0 Å². The highest BCUT2D eigenvalue weighted by Crippen LogP contribution is 2.20. The van der Waals surface area contributed by atoms with Crippen molar-refractivity contribution in [2.45, 2.75) is 51.7 Å². The van der Waals surface area contributed by atoms with Gasteiger partial charge in [-0.05, 0) is 24.0 Å². The van der Waals surface area contributed by atoms with Crippen LogP contribution in [0.2, 0.25) is 0 Å². The van der Waals surface area contributed by atoms with E-state index in [-0.39, 0.29) is 12.5 Å². The molecule has 0 aliphatic heterocycles. The maximum absolute atomic E-state index is 10.5. The number of rotatable bonds is 9. The van der Waals surface area contributed by atoms with Gasteiger partial charge in [0, 0.05) is 12.6 Å². The first kappa shape index (κ1) is 16.7. The summed E-state index contributed by atoms with van der Waals surface area (Å²) in [7, 11) is 0. The van der Waals surface area contributed by atoms with Crippen molar-refractivity contribution in [1.29, 1.82) is 0 Å². The Kier molecular flexibility index (Phi) is 7.26. The molecule has 3 N–H and O–H groups in total. The van der Waals surface area contributed by atoms with Crippen molar-refractivity contribution in [2.75, 3.05) is 6.54 Å². The predicted octanol–water partition coefficient (Wildman–Crippen LogP) is 2.52. The number of hydrogen-bond donors (Lipinski definition) is 3. The second-order valence-corrected chi connectivity index (χ2v) is 5.05. The Balaban J connectivity index is 2.60. The van der Waals surface area contributed by atoms with Gasteiger partial charge in [-0.25, -0.2) is 0 Å². The molecule has 4 nitrogen and oxygen atoms in total. The van der Waals surface area contributed by atoms with Gasteiger partial charge in [0.1, 0.15) is 0 Å². The third kappa shape index (κ3) is 5.31. The highest BCUT2D eigenvalue weighted by atomic mass is 16.4. The molecule has 2 unspecified atom stereocenters. The summed E-state index contributed by atoms with van der Waals surface area (Å²) >= 11 is 0. The molecule has 0 saturated carbocycles. The van der Waals surface area contributed by atoms with Crippen LogP contribution in [0.4, 0.5) is 0 Å². The number of carboxylic acids is 1. The third-order valence-electron chi connectivity index (χ3n) is 3.43. The number of hydrogen-bond acceptors (Lipinski definition) is 3. The van der Waals surface area contributed by atoms with Crippen LogP contribution < -0.4 is 5.32 Å². The van der Waals surface area contributed by atoms with E-state index in [0.29, 0.717) is 6.54 Å². The van der Waals surface area contributed by atoms with Crippen LogP contribution in [0, 0.1) is 0 Å². The van der Waals surface area contributed by atoms with Crippen LogP contribution in [0.3, 0.4) is 0 Å². The van der Waals surface area contributed by atoms with Crippen LogP contribution in [0.15, 0.2) is 24.3 Å². The summed E-state index contributed by atoms with van der Waals surface area (Å²) in [6.45, 7) is 4.49. The topological polar surface area (TPSA) is 69.6 Å². The Bertz CT molecular complexity index is 403. The molecule has 0 spiro atoms. The quantitative estimate of drug-likeness (QED) is 0.649. The lowest BCUT2D eigenvalue weighted by atomic mass is 9.98. The standard InChI is InChI=1S/C16H25NO3/c1-3-5-12-6-8-13(9-7-12)16(20)14(4-2)17-11-10-15(18)19/h6-9,14,16-17,20H,3-5,10-11H2,1-2H3,(H,18,19). The number of aliphatic hydroxyl groups is 1. The van der Waals surface area contributed by atoms with Gasteiger partial charge in [-0.15, -0.1) is 0 Å². The van der Waals surface area contributed by atoms with E-state index in [1.165, 1.54) is 5.56 Å². The normalized spacial score (nSPS) is 13.9. The molecule has 1 rings (SSSR count). The molecule has 1 aromatic rings. The maximum Gasteiger partial charge on any atom is 0.304 e. The molecule has 1 aromatic carbocycles. The van der Waals surface area contributed by atoms with E-state index in [1.807, 2.05) is 31.2 Å². The molecule has 0 aliphatic rings. The first-order valence-corrected chi connectivity index (χ1v) is 7.30. The highest BCUT2D eigenvalue weighted by Gasteiger charge is 2.18. The van der Waals surface area contributed by atoms with Gasteiger partial charge in [0.2, 0.25) is 0 Å². The zero-order valence-corrected chi connectivity index (χ0v) is 12.3. The molecule has 0 saturated heterocycles. The predicted molar refractivity (Wildman–Crippen MR) is 79.7 cm³/mol. The Hall–Kier alpha value is -1.39. The zero-order chi connectivity index (χ0) is 15.0. The van der Waals surface area contributed by atoms with Gasteiger partial charge in [-0.2, -0.15) is 0 Å². The van der Waals surface area contributed by atoms with E-state index in [0.717, 1.165) is 24.8 Å². The van der Waals surface area contributed by atoms with Crippen LogP contribution >= 0.6 is 0 Å². The number of nitrogens with one attached hydrogen (secondary N) is 1. The van der Waals surface area contributed by atoms with Crippen LogP contribution in [0.1, 0.15) is 50.3 Å². The summed E-state index contributed by atoms with van der Waals surface area (Å²) in [5, 5.41) is 22.1. The van der Waals surface area contributed by atoms with Crippen LogP contribution in [0.5, 0.6) is 0 Å². The van der Waals surface area contributed by atoms with Gasteiger partial charge in [0.25, 0.3) is 0 Å². The number of benzene rings is 1. The minimum atomic E-state index is -0.828. The lowest BCUT2D eigenvalue weighted by molar-refractivity contribution is -0.136.